The quantitative estimate of drug-likeness (QED) is 0.636. The first kappa shape index (κ1) is 10.1. The van der Waals surface area contributed by atoms with Gasteiger partial charge >= 0.3 is 5.97 Å². The zero-order chi connectivity index (χ0) is 9.84. The van der Waals surface area contributed by atoms with E-state index in [4.69, 9.17) is 5.11 Å². The minimum Gasteiger partial charge on any atom is -0.481 e. The second kappa shape index (κ2) is 4.29. The number of nitrogens with zero attached hydrogens (tertiary/aromatic N) is 1. The Hall–Kier alpha value is -1.01. The van der Waals surface area contributed by atoms with Crippen LogP contribution in [0, 0.1) is 23.7 Å². The summed E-state index contributed by atoms with van der Waals surface area (Å²) in [4.78, 5) is 12.9. The fraction of sp³-hybridized carbons (Fsp3) is 0.700. The number of likely N-dealkylation sites (tertiary alicyclic amines) is 1. The van der Waals surface area contributed by atoms with E-state index in [1.807, 2.05) is 6.92 Å². The minimum absolute atomic E-state index is 0.210. The molecule has 3 heteroatoms. The van der Waals surface area contributed by atoms with Gasteiger partial charge in [0, 0.05) is 13.1 Å². The number of aliphatic carboxylic acids is 1. The highest BCUT2D eigenvalue weighted by Gasteiger charge is 2.33. The normalized spacial score (nSPS) is 28.2. The summed E-state index contributed by atoms with van der Waals surface area (Å²) in [7, 11) is 0. The van der Waals surface area contributed by atoms with Crippen molar-refractivity contribution in [3.8, 4) is 11.8 Å². The molecule has 1 rings (SSSR count). The Morgan fingerprint density at radius 1 is 1.62 bits per heavy atom. The van der Waals surface area contributed by atoms with Gasteiger partial charge in [-0.3, -0.25) is 9.69 Å². The third-order valence-corrected chi connectivity index (χ3v) is 2.48. The largest absolute Gasteiger partial charge is 0.481 e. The van der Waals surface area contributed by atoms with Gasteiger partial charge < -0.3 is 5.11 Å². The van der Waals surface area contributed by atoms with E-state index in [2.05, 4.69) is 16.7 Å². The van der Waals surface area contributed by atoms with Crippen molar-refractivity contribution < 1.29 is 9.90 Å². The van der Waals surface area contributed by atoms with Crippen molar-refractivity contribution in [2.45, 2.75) is 13.8 Å². The SMILES string of the molecule is CC#CCN1CC(C)C(C(=O)O)C1. The lowest BCUT2D eigenvalue weighted by Gasteiger charge is -2.09. The summed E-state index contributed by atoms with van der Waals surface area (Å²) in [5.41, 5.74) is 0. The van der Waals surface area contributed by atoms with Crippen LogP contribution in [0.2, 0.25) is 0 Å². The van der Waals surface area contributed by atoms with Crippen LogP contribution in [0.15, 0.2) is 0 Å². The molecule has 0 amide bonds. The molecule has 72 valence electrons. The third-order valence-electron chi connectivity index (χ3n) is 2.48. The fourth-order valence-corrected chi connectivity index (χ4v) is 1.71. The van der Waals surface area contributed by atoms with Crippen molar-refractivity contribution in [3.63, 3.8) is 0 Å². The van der Waals surface area contributed by atoms with Gasteiger partial charge in [-0.15, -0.1) is 5.92 Å². The number of hydrogen-bond acceptors (Lipinski definition) is 2. The van der Waals surface area contributed by atoms with Gasteiger partial charge in [-0.1, -0.05) is 12.8 Å². The fourth-order valence-electron chi connectivity index (χ4n) is 1.71. The average molecular weight is 181 g/mol. The summed E-state index contributed by atoms with van der Waals surface area (Å²) in [6.07, 6.45) is 0. The molecule has 0 aromatic carbocycles. The molecule has 13 heavy (non-hydrogen) atoms. The number of carboxylic acids is 1. The second-order valence-corrected chi connectivity index (χ2v) is 3.54. The van der Waals surface area contributed by atoms with Crippen molar-refractivity contribution in [1.82, 2.24) is 4.90 Å². The van der Waals surface area contributed by atoms with E-state index in [0.29, 0.717) is 13.1 Å². The summed E-state index contributed by atoms with van der Waals surface area (Å²) in [5, 5.41) is 8.86. The molecule has 1 aliphatic rings. The van der Waals surface area contributed by atoms with Crippen molar-refractivity contribution in [2.24, 2.45) is 11.8 Å². The lowest BCUT2D eigenvalue weighted by molar-refractivity contribution is -0.142. The van der Waals surface area contributed by atoms with Crippen LogP contribution in [0.3, 0.4) is 0 Å². The van der Waals surface area contributed by atoms with Crippen molar-refractivity contribution in [2.75, 3.05) is 19.6 Å². The van der Waals surface area contributed by atoms with E-state index in [1.54, 1.807) is 6.92 Å². The second-order valence-electron chi connectivity index (χ2n) is 3.54. The van der Waals surface area contributed by atoms with Gasteiger partial charge in [-0.05, 0) is 12.8 Å². The lowest BCUT2D eigenvalue weighted by atomic mass is 9.99. The van der Waals surface area contributed by atoms with E-state index in [-0.39, 0.29) is 11.8 Å². The molecule has 0 radical (unpaired) electrons. The Balaban J connectivity index is 2.48. The highest BCUT2D eigenvalue weighted by atomic mass is 16.4. The first-order chi connectivity index (χ1) is 6.15. The van der Waals surface area contributed by atoms with Crippen molar-refractivity contribution in [1.29, 1.82) is 0 Å². The van der Waals surface area contributed by atoms with Crippen molar-refractivity contribution >= 4 is 5.97 Å². The maximum absolute atomic E-state index is 10.8. The molecule has 0 aliphatic carbocycles. The molecule has 1 fully saturated rings. The van der Waals surface area contributed by atoms with Crippen LogP contribution < -0.4 is 0 Å². The molecule has 1 heterocycles. The third kappa shape index (κ3) is 2.46. The summed E-state index contributed by atoms with van der Waals surface area (Å²) in [6, 6.07) is 0. The van der Waals surface area contributed by atoms with Gasteiger partial charge in [0.2, 0.25) is 0 Å². The first-order valence-electron chi connectivity index (χ1n) is 4.50. The highest BCUT2D eigenvalue weighted by Crippen LogP contribution is 2.22. The van der Waals surface area contributed by atoms with Crippen LogP contribution in [-0.4, -0.2) is 35.6 Å². The predicted octanol–water partition coefficient (Wildman–Crippen LogP) is 0.662. The maximum Gasteiger partial charge on any atom is 0.308 e. The Morgan fingerprint density at radius 2 is 2.31 bits per heavy atom. The van der Waals surface area contributed by atoms with Gasteiger partial charge in [0.1, 0.15) is 0 Å². The maximum atomic E-state index is 10.8. The molecule has 3 nitrogen and oxygen atoms in total. The van der Waals surface area contributed by atoms with Gasteiger partial charge in [-0.25, -0.2) is 0 Å². The van der Waals surface area contributed by atoms with Crippen LogP contribution in [0.1, 0.15) is 13.8 Å². The molecule has 1 N–H and O–H groups in total. The first-order valence-corrected chi connectivity index (χ1v) is 4.50. The zero-order valence-corrected chi connectivity index (χ0v) is 8.08. The van der Waals surface area contributed by atoms with Gasteiger partial charge in [0.05, 0.1) is 12.5 Å². The van der Waals surface area contributed by atoms with Gasteiger partial charge in [0.25, 0.3) is 0 Å². The van der Waals surface area contributed by atoms with Crippen LogP contribution in [0.4, 0.5) is 0 Å². The zero-order valence-electron chi connectivity index (χ0n) is 8.08. The van der Waals surface area contributed by atoms with Gasteiger partial charge in [-0.2, -0.15) is 0 Å². The molecule has 1 aliphatic heterocycles. The molecule has 1 saturated heterocycles. The Bertz CT molecular complexity index is 251. The van der Waals surface area contributed by atoms with Crippen LogP contribution >= 0.6 is 0 Å². The van der Waals surface area contributed by atoms with Crippen LogP contribution in [0.5, 0.6) is 0 Å². The Labute approximate surface area is 78.7 Å². The van der Waals surface area contributed by atoms with Crippen LogP contribution in [0.25, 0.3) is 0 Å². The van der Waals surface area contributed by atoms with Crippen LogP contribution in [-0.2, 0) is 4.79 Å². The summed E-state index contributed by atoms with van der Waals surface area (Å²) in [6.45, 7) is 5.98. The molecule has 0 aromatic rings. The van der Waals surface area contributed by atoms with Gasteiger partial charge in [0.15, 0.2) is 0 Å². The number of hydrogen-bond donors (Lipinski definition) is 1. The summed E-state index contributed by atoms with van der Waals surface area (Å²) < 4.78 is 0. The lowest BCUT2D eigenvalue weighted by Crippen LogP contribution is -2.23. The van der Waals surface area contributed by atoms with E-state index >= 15 is 0 Å². The highest BCUT2D eigenvalue weighted by molar-refractivity contribution is 5.71. The van der Waals surface area contributed by atoms with E-state index < -0.39 is 5.97 Å². The minimum atomic E-state index is -0.681. The van der Waals surface area contributed by atoms with Crippen molar-refractivity contribution in [3.05, 3.63) is 0 Å². The summed E-state index contributed by atoms with van der Waals surface area (Å²) in [5.74, 6) is 5.12. The monoisotopic (exact) mass is 181 g/mol. The molecule has 0 aromatic heterocycles. The van der Waals surface area contributed by atoms with E-state index in [0.717, 1.165) is 6.54 Å². The molecular formula is C10H15NO2. The average Bonchev–Trinajstić information content (AvgIpc) is 2.43. The molecule has 2 unspecified atom stereocenters. The molecule has 0 bridgehead atoms. The summed E-state index contributed by atoms with van der Waals surface area (Å²) >= 11 is 0. The Kier molecular flexibility index (Phi) is 3.32. The predicted molar refractivity (Wildman–Crippen MR) is 50.2 cm³/mol. The van der Waals surface area contributed by atoms with E-state index in [1.165, 1.54) is 0 Å². The Morgan fingerprint density at radius 3 is 2.77 bits per heavy atom. The number of carboxylic acid groups (broad SMARTS) is 1. The number of carbonyl (C=O) groups is 1. The molecule has 0 saturated carbocycles. The molecule has 0 spiro atoms. The standard InChI is InChI=1S/C10H15NO2/c1-3-4-5-11-6-8(2)9(7-11)10(12)13/h8-9H,5-7H2,1-2H3,(H,12,13). The number of rotatable bonds is 2. The smallest absolute Gasteiger partial charge is 0.308 e. The topological polar surface area (TPSA) is 40.5 Å². The molecular weight excluding hydrogens is 166 g/mol. The molecule has 2 atom stereocenters. The van der Waals surface area contributed by atoms with E-state index in [9.17, 15) is 4.79 Å².